The molecular formula is C19H23N3O3. The number of anilines is 1. The Morgan fingerprint density at radius 3 is 2.80 bits per heavy atom. The Morgan fingerprint density at radius 1 is 1.36 bits per heavy atom. The minimum absolute atomic E-state index is 0.0825. The molecule has 0 spiro atoms. The molecule has 1 aromatic carbocycles. The van der Waals surface area contributed by atoms with Crippen LogP contribution in [0.3, 0.4) is 0 Å². The summed E-state index contributed by atoms with van der Waals surface area (Å²) in [7, 11) is 1.63. The number of carbonyl (C=O) groups excluding carboxylic acids is 1. The SMILES string of the molecule is COc1ccc(CC(=O)N2CCOC(c3cc(N)cc(C)n3)C2)cc1. The number of rotatable bonds is 4. The molecule has 1 aliphatic heterocycles. The summed E-state index contributed by atoms with van der Waals surface area (Å²) < 4.78 is 11.0. The van der Waals surface area contributed by atoms with Crippen molar-refractivity contribution in [3.63, 3.8) is 0 Å². The van der Waals surface area contributed by atoms with Crippen molar-refractivity contribution in [3.05, 3.63) is 53.3 Å². The molecule has 132 valence electrons. The van der Waals surface area contributed by atoms with Gasteiger partial charge in [-0.1, -0.05) is 12.1 Å². The maximum absolute atomic E-state index is 12.6. The number of benzene rings is 1. The molecule has 3 rings (SSSR count). The smallest absolute Gasteiger partial charge is 0.227 e. The number of amides is 1. The lowest BCUT2D eigenvalue weighted by Crippen LogP contribution is -2.43. The van der Waals surface area contributed by atoms with Crippen LogP contribution in [0.15, 0.2) is 36.4 Å². The van der Waals surface area contributed by atoms with Gasteiger partial charge in [0.05, 0.1) is 32.4 Å². The summed E-state index contributed by atoms with van der Waals surface area (Å²) in [6, 6.07) is 11.2. The summed E-state index contributed by atoms with van der Waals surface area (Å²) in [5.74, 6) is 0.866. The zero-order valence-corrected chi connectivity index (χ0v) is 14.6. The highest BCUT2D eigenvalue weighted by Gasteiger charge is 2.26. The second-order valence-electron chi connectivity index (χ2n) is 6.19. The zero-order valence-electron chi connectivity index (χ0n) is 14.6. The highest BCUT2D eigenvalue weighted by Crippen LogP contribution is 2.23. The summed E-state index contributed by atoms with van der Waals surface area (Å²) in [5, 5.41) is 0. The van der Waals surface area contributed by atoms with E-state index in [2.05, 4.69) is 4.98 Å². The summed E-state index contributed by atoms with van der Waals surface area (Å²) >= 11 is 0. The molecule has 1 fully saturated rings. The van der Waals surface area contributed by atoms with E-state index in [9.17, 15) is 4.79 Å². The van der Waals surface area contributed by atoms with Crippen molar-refractivity contribution in [2.75, 3.05) is 32.5 Å². The summed E-state index contributed by atoms with van der Waals surface area (Å²) in [5.41, 5.74) is 9.15. The highest BCUT2D eigenvalue weighted by molar-refractivity contribution is 5.79. The summed E-state index contributed by atoms with van der Waals surface area (Å²) in [6.07, 6.45) is 0.121. The van der Waals surface area contributed by atoms with Crippen LogP contribution in [0.1, 0.15) is 23.1 Å². The van der Waals surface area contributed by atoms with E-state index in [4.69, 9.17) is 15.2 Å². The van der Waals surface area contributed by atoms with Gasteiger partial charge in [-0.25, -0.2) is 0 Å². The molecule has 1 unspecified atom stereocenters. The van der Waals surface area contributed by atoms with Crippen LogP contribution in [0.4, 0.5) is 5.69 Å². The first-order chi connectivity index (χ1) is 12.0. The van der Waals surface area contributed by atoms with Gasteiger partial charge in [0.15, 0.2) is 0 Å². The second-order valence-corrected chi connectivity index (χ2v) is 6.19. The van der Waals surface area contributed by atoms with Crippen LogP contribution in [-0.2, 0) is 16.0 Å². The minimum Gasteiger partial charge on any atom is -0.497 e. The van der Waals surface area contributed by atoms with Crippen molar-refractivity contribution in [1.82, 2.24) is 9.88 Å². The van der Waals surface area contributed by atoms with Crippen molar-refractivity contribution in [3.8, 4) is 5.75 Å². The third-order valence-corrected chi connectivity index (χ3v) is 4.26. The van der Waals surface area contributed by atoms with Gasteiger partial charge >= 0.3 is 0 Å². The topological polar surface area (TPSA) is 77.7 Å². The van der Waals surface area contributed by atoms with E-state index in [1.165, 1.54) is 0 Å². The van der Waals surface area contributed by atoms with Crippen molar-refractivity contribution < 1.29 is 14.3 Å². The summed E-state index contributed by atoms with van der Waals surface area (Å²) in [6.45, 7) is 3.47. The number of aryl methyl sites for hydroxylation is 1. The molecule has 1 aliphatic rings. The lowest BCUT2D eigenvalue weighted by molar-refractivity contribution is -0.138. The number of hydrogen-bond donors (Lipinski definition) is 1. The molecule has 0 radical (unpaired) electrons. The van der Waals surface area contributed by atoms with Gasteiger partial charge in [-0.05, 0) is 36.8 Å². The third kappa shape index (κ3) is 4.28. The molecule has 1 saturated heterocycles. The maximum Gasteiger partial charge on any atom is 0.227 e. The lowest BCUT2D eigenvalue weighted by atomic mass is 10.1. The van der Waals surface area contributed by atoms with E-state index in [0.717, 1.165) is 22.7 Å². The number of morpholine rings is 1. The molecule has 1 aromatic heterocycles. The highest BCUT2D eigenvalue weighted by atomic mass is 16.5. The standard InChI is InChI=1S/C19H23N3O3/c1-13-9-15(20)11-17(21-13)18-12-22(7-8-25-18)19(23)10-14-3-5-16(24-2)6-4-14/h3-6,9,11,18H,7-8,10,12H2,1-2H3,(H2,20,21). The van der Waals surface area contributed by atoms with E-state index >= 15 is 0 Å². The quantitative estimate of drug-likeness (QED) is 0.922. The number of nitrogens with zero attached hydrogens (tertiary/aromatic N) is 2. The van der Waals surface area contributed by atoms with Crippen molar-refractivity contribution >= 4 is 11.6 Å². The Hall–Kier alpha value is -2.60. The molecule has 0 aliphatic carbocycles. The van der Waals surface area contributed by atoms with Gasteiger partial charge < -0.3 is 20.1 Å². The monoisotopic (exact) mass is 341 g/mol. The average Bonchev–Trinajstić information content (AvgIpc) is 2.61. The predicted molar refractivity (Wildman–Crippen MR) is 95.4 cm³/mol. The fraction of sp³-hybridized carbons (Fsp3) is 0.368. The van der Waals surface area contributed by atoms with Crippen LogP contribution < -0.4 is 10.5 Å². The number of carbonyl (C=O) groups is 1. The normalized spacial score (nSPS) is 17.4. The van der Waals surface area contributed by atoms with Crippen LogP contribution >= 0.6 is 0 Å². The molecule has 6 nitrogen and oxygen atoms in total. The van der Waals surface area contributed by atoms with Crippen LogP contribution in [0.2, 0.25) is 0 Å². The van der Waals surface area contributed by atoms with Gasteiger partial charge in [-0.3, -0.25) is 9.78 Å². The molecule has 1 atom stereocenters. The fourth-order valence-electron chi connectivity index (χ4n) is 2.97. The number of ether oxygens (including phenoxy) is 2. The number of methoxy groups -OCH3 is 1. The van der Waals surface area contributed by atoms with Crippen LogP contribution in [0.5, 0.6) is 5.75 Å². The van der Waals surface area contributed by atoms with Gasteiger partial charge in [-0.2, -0.15) is 0 Å². The number of nitrogens with two attached hydrogens (primary N) is 1. The van der Waals surface area contributed by atoms with Crippen LogP contribution in [0, 0.1) is 6.92 Å². The molecule has 0 bridgehead atoms. The Bertz CT molecular complexity index is 726. The van der Waals surface area contributed by atoms with E-state index in [1.54, 1.807) is 7.11 Å². The van der Waals surface area contributed by atoms with E-state index in [0.29, 0.717) is 31.8 Å². The van der Waals surface area contributed by atoms with E-state index in [1.807, 2.05) is 48.2 Å². The number of aromatic nitrogens is 1. The first-order valence-corrected chi connectivity index (χ1v) is 8.31. The fourth-order valence-corrected chi connectivity index (χ4v) is 2.97. The van der Waals surface area contributed by atoms with Crippen LogP contribution in [-0.4, -0.2) is 42.6 Å². The van der Waals surface area contributed by atoms with Gasteiger partial charge in [0, 0.05) is 17.9 Å². The zero-order chi connectivity index (χ0) is 17.8. The Kier molecular flexibility index (Phi) is 5.19. The van der Waals surface area contributed by atoms with Gasteiger partial charge in [0.25, 0.3) is 0 Å². The maximum atomic E-state index is 12.6. The number of hydrogen-bond acceptors (Lipinski definition) is 5. The van der Waals surface area contributed by atoms with Gasteiger partial charge in [0.1, 0.15) is 11.9 Å². The molecular weight excluding hydrogens is 318 g/mol. The summed E-state index contributed by atoms with van der Waals surface area (Å²) in [4.78, 5) is 19.0. The lowest BCUT2D eigenvalue weighted by Gasteiger charge is -2.33. The molecule has 2 heterocycles. The Morgan fingerprint density at radius 2 is 2.12 bits per heavy atom. The van der Waals surface area contributed by atoms with Gasteiger partial charge in [0.2, 0.25) is 5.91 Å². The molecule has 2 aromatic rings. The first kappa shape index (κ1) is 17.2. The molecule has 6 heteroatoms. The van der Waals surface area contributed by atoms with Crippen LogP contribution in [0.25, 0.3) is 0 Å². The van der Waals surface area contributed by atoms with Crippen molar-refractivity contribution in [2.24, 2.45) is 0 Å². The molecule has 25 heavy (non-hydrogen) atoms. The molecule has 0 saturated carbocycles. The minimum atomic E-state index is -0.240. The average molecular weight is 341 g/mol. The van der Waals surface area contributed by atoms with Gasteiger partial charge in [-0.15, -0.1) is 0 Å². The first-order valence-electron chi connectivity index (χ1n) is 8.31. The van der Waals surface area contributed by atoms with E-state index < -0.39 is 0 Å². The van der Waals surface area contributed by atoms with E-state index in [-0.39, 0.29) is 12.0 Å². The predicted octanol–water partition coefficient (Wildman–Crippen LogP) is 2.12. The Labute approximate surface area is 147 Å². The molecule has 1 amide bonds. The molecule has 2 N–H and O–H groups in total. The second kappa shape index (κ2) is 7.53. The number of pyridine rings is 1. The Balaban J connectivity index is 1.66. The largest absolute Gasteiger partial charge is 0.497 e. The third-order valence-electron chi connectivity index (χ3n) is 4.26. The van der Waals surface area contributed by atoms with Crippen molar-refractivity contribution in [1.29, 1.82) is 0 Å². The number of nitrogen functional groups attached to an aromatic ring is 1. The van der Waals surface area contributed by atoms with Crippen molar-refractivity contribution in [2.45, 2.75) is 19.4 Å².